The van der Waals surface area contributed by atoms with Crippen LogP contribution in [0.1, 0.15) is 36.5 Å². The van der Waals surface area contributed by atoms with E-state index in [9.17, 15) is 9.59 Å². The molecule has 1 heterocycles. The summed E-state index contributed by atoms with van der Waals surface area (Å²) in [6, 6.07) is 6.43. The predicted molar refractivity (Wildman–Crippen MR) is 91.3 cm³/mol. The predicted octanol–water partition coefficient (Wildman–Crippen LogP) is 1.87. The largest absolute Gasteiger partial charge is 0.354 e. The number of rotatable bonds is 6. The zero-order valence-electron chi connectivity index (χ0n) is 13.8. The molecular formula is C16H20ClN5O2. The Kier molecular flexibility index (Phi) is 5.92. The monoisotopic (exact) mass is 349 g/mol. The first-order valence-corrected chi connectivity index (χ1v) is 8.08. The van der Waals surface area contributed by atoms with Crippen molar-refractivity contribution in [2.45, 2.75) is 33.2 Å². The number of carbonyl (C=O) groups is 2. The van der Waals surface area contributed by atoms with Gasteiger partial charge in [0, 0.05) is 11.6 Å². The summed E-state index contributed by atoms with van der Waals surface area (Å²) in [4.78, 5) is 24.2. The van der Waals surface area contributed by atoms with E-state index in [1.807, 2.05) is 13.0 Å². The Morgan fingerprint density at radius 3 is 2.79 bits per heavy atom. The van der Waals surface area contributed by atoms with Crippen molar-refractivity contribution in [3.8, 4) is 5.69 Å². The molecule has 2 rings (SSSR count). The first-order chi connectivity index (χ1) is 11.4. The zero-order valence-corrected chi connectivity index (χ0v) is 14.6. The third kappa shape index (κ3) is 4.11. The van der Waals surface area contributed by atoms with Crippen molar-refractivity contribution in [2.75, 3.05) is 6.54 Å². The van der Waals surface area contributed by atoms with Crippen LogP contribution in [0.3, 0.4) is 0 Å². The highest BCUT2D eigenvalue weighted by atomic mass is 35.5. The van der Waals surface area contributed by atoms with E-state index in [1.54, 1.807) is 32.0 Å². The molecule has 2 amide bonds. The first-order valence-electron chi connectivity index (χ1n) is 7.70. The highest BCUT2D eigenvalue weighted by Crippen LogP contribution is 2.16. The second-order valence-electron chi connectivity index (χ2n) is 5.40. The molecule has 0 aliphatic heterocycles. The zero-order chi connectivity index (χ0) is 17.7. The van der Waals surface area contributed by atoms with Gasteiger partial charge < -0.3 is 10.6 Å². The van der Waals surface area contributed by atoms with Crippen LogP contribution >= 0.6 is 11.6 Å². The number of halogens is 1. The van der Waals surface area contributed by atoms with E-state index in [2.05, 4.69) is 20.9 Å². The number of carbonyl (C=O) groups excluding carboxylic acids is 2. The van der Waals surface area contributed by atoms with Crippen LogP contribution in [0, 0.1) is 6.92 Å². The number of hydrogen-bond acceptors (Lipinski definition) is 4. The van der Waals surface area contributed by atoms with E-state index in [1.165, 1.54) is 4.68 Å². The molecule has 0 unspecified atom stereocenters. The molecular weight excluding hydrogens is 330 g/mol. The second kappa shape index (κ2) is 7.92. The number of amides is 2. The first kappa shape index (κ1) is 17.9. The number of benzene rings is 1. The van der Waals surface area contributed by atoms with Crippen molar-refractivity contribution in [1.29, 1.82) is 0 Å². The van der Waals surface area contributed by atoms with E-state index >= 15 is 0 Å². The summed E-state index contributed by atoms with van der Waals surface area (Å²) >= 11 is 5.98. The number of nitrogens with zero attached hydrogens (tertiary/aromatic N) is 3. The van der Waals surface area contributed by atoms with Crippen LogP contribution in [0.4, 0.5) is 0 Å². The molecule has 1 aromatic heterocycles. The lowest BCUT2D eigenvalue weighted by Gasteiger charge is -2.13. The van der Waals surface area contributed by atoms with Crippen LogP contribution in [0.15, 0.2) is 24.3 Å². The van der Waals surface area contributed by atoms with E-state index in [-0.39, 0.29) is 11.6 Å². The molecule has 0 spiro atoms. The molecule has 0 saturated carbocycles. The summed E-state index contributed by atoms with van der Waals surface area (Å²) in [5.41, 5.74) is 1.45. The summed E-state index contributed by atoms with van der Waals surface area (Å²) in [7, 11) is 0. The highest BCUT2D eigenvalue weighted by molar-refractivity contribution is 6.30. The molecule has 1 aromatic carbocycles. The van der Waals surface area contributed by atoms with Crippen LogP contribution in [-0.2, 0) is 4.79 Å². The molecule has 0 aliphatic carbocycles. The minimum Gasteiger partial charge on any atom is -0.354 e. The number of hydrogen-bond donors (Lipinski definition) is 2. The van der Waals surface area contributed by atoms with Crippen molar-refractivity contribution >= 4 is 23.4 Å². The van der Waals surface area contributed by atoms with E-state index in [0.717, 1.165) is 6.42 Å². The molecule has 1 atom stereocenters. The van der Waals surface area contributed by atoms with Gasteiger partial charge >= 0.3 is 0 Å². The van der Waals surface area contributed by atoms with Gasteiger partial charge in [-0.15, -0.1) is 5.10 Å². The highest BCUT2D eigenvalue weighted by Gasteiger charge is 2.21. The van der Waals surface area contributed by atoms with Gasteiger partial charge in [-0.05, 0) is 38.5 Å². The third-order valence-corrected chi connectivity index (χ3v) is 3.69. The van der Waals surface area contributed by atoms with Gasteiger partial charge in [0.15, 0.2) is 5.69 Å². The van der Waals surface area contributed by atoms with Crippen molar-refractivity contribution in [3.05, 3.63) is 40.7 Å². The van der Waals surface area contributed by atoms with Gasteiger partial charge in [0.25, 0.3) is 5.91 Å². The molecule has 8 heteroatoms. The third-order valence-electron chi connectivity index (χ3n) is 3.45. The fourth-order valence-electron chi connectivity index (χ4n) is 2.12. The van der Waals surface area contributed by atoms with E-state index in [0.29, 0.717) is 22.9 Å². The molecule has 0 radical (unpaired) electrons. The lowest BCUT2D eigenvalue weighted by molar-refractivity contribution is -0.122. The van der Waals surface area contributed by atoms with Gasteiger partial charge in [-0.25, -0.2) is 4.68 Å². The molecule has 7 nitrogen and oxygen atoms in total. The smallest absolute Gasteiger partial charge is 0.274 e. The van der Waals surface area contributed by atoms with Gasteiger partial charge in [-0.2, -0.15) is 0 Å². The van der Waals surface area contributed by atoms with Gasteiger partial charge in [0.2, 0.25) is 5.91 Å². The Morgan fingerprint density at radius 1 is 1.38 bits per heavy atom. The van der Waals surface area contributed by atoms with Crippen LogP contribution < -0.4 is 10.6 Å². The van der Waals surface area contributed by atoms with Crippen molar-refractivity contribution in [1.82, 2.24) is 25.6 Å². The van der Waals surface area contributed by atoms with E-state index < -0.39 is 11.9 Å². The summed E-state index contributed by atoms with van der Waals surface area (Å²) in [5, 5.41) is 13.8. The average Bonchev–Trinajstić information content (AvgIpc) is 2.94. The summed E-state index contributed by atoms with van der Waals surface area (Å²) < 4.78 is 1.53. The average molecular weight is 350 g/mol. The topological polar surface area (TPSA) is 88.9 Å². The molecule has 2 N–H and O–H groups in total. The van der Waals surface area contributed by atoms with Crippen LogP contribution in [0.5, 0.6) is 0 Å². The van der Waals surface area contributed by atoms with Crippen molar-refractivity contribution < 1.29 is 9.59 Å². The Bertz CT molecular complexity index is 744. The summed E-state index contributed by atoms with van der Waals surface area (Å²) in [5.74, 6) is -0.676. The van der Waals surface area contributed by atoms with Gasteiger partial charge in [-0.3, -0.25) is 9.59 Å². The fraction of sp³-hybridized carbons (Fsp3) is 0.375. The Labute approximate surface area is 145 Å². The molecule has 0 fully saturated rings. The number of aromatic nitrogens is 3. The molecule has 2 aromatic rings. The lowest BCUT2D eigenvalue weighted by Crippen LogP contribution is -2.45. The number of nitrogens with one attached hydrogen (secondary N) is 2. The fourth-order valence-corrected chi connectivity index (χ4v) is 2.31. The lowest BCUT2D eigenvalue weighted by atomic mass is 10.2. The molecule has 24 heavy (non-hydrogen) atoms. The van der Waals surface area contributed by atoms with Gasteiger partial charge in [0.05, 0.1) is 11.4 Å². The quantitative estimate of drug-likeness (QED) is 0.833. The second-order valence-corrected chi connectivity index (χ2v) is 5.84. The Balaban J connectivity index is 2.13. The van der Waals surface area contributed by atoms with Gasteiger partial charge in [0.1, 0.15) is 6.04 Å². The minimum absolute atomic E-state index is 0.171. The maximum absolute atomic E-state index is 12.3. The minimum atomic E-state index is -0.653. The maximum atomic E-state index is 12.3. The standard InChI is InChI=1S/C16H20ClN5O2/c1-4-8-18-15(23)10(2)19-16(24)14-11(3)22(21-20-14)13-7-5-6-12(17)9-13/h5-7,9-10H,4,8H2,1-3H3,(H,18,23)(H,19,24)/t10-/m1/s1. The maximum Gasteiger partial charge on any atom is 0.274 e. The Morgan fingerprint density at radius 2 is 2.12 bits per heavy atom. The molecule has 0 bridgehead atoms. The molecule has 128 valence electrons. The van der Waals surface area contributed by atoms with Crippen molar-refractivity contribution in [3.63, 3.8) is 0 Å². The van der Waals surface area contributed by atoms with E-state index in [4.69, 9.17) is 11.6 Å². The summed E-state index contributed by atoms with van der Waals surface area (Å²) in [6.07, 6.45) is 0.833. The van der Waals surface area contributed by atoms with Crippen LogP contribution in [0.25, 0.3) is 5.69 Å². The normalized spacial score (nSPS) is 11.8. The van der Waals surface area contributed by atoms with Crippen LogP contribution in [0.2, 0.25) is 5.02 Å². The van der Waals surface area contributed by atoms with Gasteiger partial charge in [-0.1, -0.05) is 29.8 Å². The Hall–Kier alpha value is -2.41. The summed E-state index contributed by atoms with van der Waals surface area (Å²) in [6.45, 7) is 5.89. The molecule has 0 aliphatic rings. The van der Waals surface area contributed by atoms with Crippen molar-refractivity contribution in [2.24, 2.45) is 0 Å². The SMILES string of the molecule is CCCNC(=O)[C@@H](C)NC(=O)c1nnn(-c2cccc(Cl)c2)c1C. The molecule has 0 saturated heterocycles. The van der Waals surface area contributed by atoms with Crippen LogP contribution in [-0.4, -0.2) is 39.4 Å².